The minimum Gasteiger partial charge on any atom is -0.481 e. The molecule has 21 heavy (non-hydrogen) atoms. The molecule has 0 aliphatic heterocycles. The van der Waals surface area contributed by atoms with E-state index in [0.29, 0.717) is 29.3 Å². The van der Waals surface area contributed by atoms with E-state index in [-0.39, 0.29) is 12.1 Å². The van der Waals surface area contributed by atoms with Crippen molar-refractivity contribution in [3.8, 4) is 0 Å². The highest BCUT2D eigenvalue weighted by molar-refractivity contribution is 6.30. The number of aliphatic carboxylic acids is 1. The van der Waals surface area contributed by atoms with Gasteiger partial charge in [-0.2, -0.15) is 0 Å². The fourth-order valence-electron chi connectivity index (χ4n) is 3.02. The summed E-state index contributed by atoms with van der Waals surface area (Å²) in [5.41, 5.74) is -0.565. The SMILES string of the molecule is CC1CCC(Cc2cc(Cl)ccc2[N+](=O)[O-])(C(=O)O)CC1. The number of nitrogens with zero attached hydrogens (tertiary/aromatic N) is 1. The predicted octanol–water partition coefficient (Wildman–Crippen LogP) is 4.07. The van der Waals surface area contributed by atoms with Gasteiger partial charge in [0.2, 0.25) is 0 Å². The molecule has 0 amide bonds. The Morgan fingerprint density at radius 2 is 2.10 bits per heavy atom. The molecule has 0 bridgehead atoms. The van der Waals surface area contributed by atoms with Crippen molar-refractivity contribution in [3.05, 3.63) is 38.9 Å². The van der Waals surface area contributed by atoms with E-state index in [0.717, 1.165) is 12.8 Å². The van der Waals surface area contributed by atoms with Gasteiger partial charge in [-0.05, 0) is 50.2 Å². The van der Waals surface area contributed by atoms with Gasteiger partial charge in [0.05, 0.1) is 10.3 Å². The molecule has 114 valence electrons. The quantitative estimate of drug-likeness (QED) is 0.671. The first kappa shape index (κ1) is 15.8. The molecule has 0 heterocycles. The molecule has 0 aromatic heterocycles. The molecule has 1 aromatic rings. The highest BCUT2D eigenvalue weighted by Gasteiger charge is 2.42. The number of halogens is 1. The minimum atomic E-state index is -0.915. The third kappa shape index (κ3) is 3.35. The molecule has 2 rings (SSSR count). The standard InChI is InChI=1S/C15H18ClNO4/c1-10-4-6-15(7-5-10,14(18)19)9-11-8-12(16)2-3-13(11)17(20)21/h2-3,8,10H,4-7,9H2,1H3,(H,18,19). The van der Waals surface area contributed by atoms with Gasteiger partial charge in [0.25, 0.3) is 5.69 Å². The van der Waals surface area contributed by atoms with Gasteiger partial charge < -0.3 is 5.11 Å². The summed E-state index contributed by atoms with van der Waals surface area (Å²) in [4.78, 5) is 22.4. The van der Waals surface area contributed by atoms with Gasteiger partial charge >= 0.3 is 5.97 Å². The lowest BCUT2D eigenvalue weighted by molar-refractivity contribution is -0.385. The van der Waals surface area contributed by atoms with Crippen molar-refractivity contribution in [1.82, 2.24) is 0 Å². The largest absolute Gasteiger partial charge is 0.481 e. The van der Waals surface area contributed by atoms with Crippen LogP contribution >= 0.6 is 11.6 Å². The molecule has 1 aliphatic rings. The highest BCUT2D eigenvalue weighted by Crippen LogP contribution is 2.43. The second-order valence-electron chi connectivity index (χ2n) is 5.97. The number of carboxylic acids is 1. The molecule has 5 nitrogen and oxygen atoms in total. The third-order valence-corrected chi connectivity index (χ3v) is 4.69. The van der Waals surface area contributed by atoms with Crippen LogP contribution in [0.2, 0.25) is 5.02 Å². The monoisotopic (exact) mass is 311 g/mol. The van der Waals surface area contributed by atoms with Crippen LogP contribution in [0.4, 0.5) is 5.69 Å². The van der Waals surface area contributed by atoms with Crippen LogP contribution in [0.25, 0.3) is 0 Å². The number of hydrogen-bond acceptors (Lipinski definition) is 3. The van der Waals surface area contributed by atoms with Gasteiger partial charge in [-0.15, -0.1) is 0 Å². The lowest BCUT2D eigenvalue weighted by Gasteiger charge is -2.35. The van der Waals surface area contributed by atoms with E-state index in [9.17, 15) is 20.0 Å². The van der Waals surface area contributed by atoms with Crippen molar-refractivity contribution < 1.29 is 14.8 Å². The van der Waals surface area contributed by atoms with E-state index < -0.39 is 16.3 Å². The van der Waals surface area contributed by atoms with E-state index in [1.807, 2.05) is 0 Å². The zero-order chi connectivity index (χ0) is 15.6. The number of nitro groups is 1. The van der Waals surface area contributed by atoms with Crippen LogP contribution in [0.1, 0.15) is 38.2 Å². The zero-order valence-electron chi connectivity index (χ0n) is 11.8. The second kappa shape index (κ2) is 6.02. The van der Waals surface area contributed by atoms with Crippen LogP contribution in [-0.2, 0) is 11.2 Å². The van der Waals surface area contributed by atoms with E-state index in [4.69, 9.17) is 11.6 Å². The van der Waals surface area contributed by atoms with Crippen LogP contribution in [0, 0.1) is 21.4 Å². The topological polar surface area (TPSA) is 80.4 Å². The summed E-state index contributed by atoms with van der Waals surface area (Å²) in [5.74, 6) is -0.365. The Bertz CT molecular complexity index is 565. The number of hydrogen-bond donors (Lipinski definition) is 1. The molecule has 1 aromatic carbocycles. The average Bonchev–Trinajstić information content (AvgIpc) is 2.41. The molecule has 0 atom stereocenters. The van der Waals surface area contributed by atoms with Crippen LogP contribution in [0.5, 0.6) is 0 Å². The Morgan fingerprint density at radius 1 is 1.48 bits per heavy atom. The summed E-state index contributed by atoms with van der Waals surface area (Å²) in [6.45, 7) is 2.10. The summed E-state index contributed by atoms with van der Waals surface area (Å²) < 4.78 is 0. The maximum absolute atomic E-state index is 11.8. The maximum atomic E-state index is 11.8. The Balaban J connectivity index is 2.36. The molecule has 1 aliphatic carbocycles. The first-order valence-corrected chi connectivity index (χ1v) is 7.38. The fraction of sp³-hybridized carbons (Fsp3) is 0.533. The van der Waals surface area contributed by atoms with Gasteiger partial charge in [-0.25, -0.2) is 0 Å². The zero-order valence-corrected chi connectivity index (χ0v) is 12.6. The molecule has 0 unspecified atom stereocenters. The van der Waals surface area contributed by atoms with Crippen LogP contribution < -0.4 is 0 Å². The number of carboxylic acid groups (broad SMARTS) is 1. The van der Waals surface area contributed by atoms with Gasteiger partial charge in [-0.1, -0.05) is 18.5 Å². The number of benzene rings is 1. The Kier molecular flexibility index (Phi) is 4.52. The Labute approximate surface area is 128 Å². The summed E-state index contributed by atoms with van der Waals surface area (Å²) in [6, 6.07) is 4.32. The number of rotatable bonds is 4. The van der Waals surface area contributed by atoms with Crippen molar-refractivity contribution in [2.45, 2.75) is 39.0 Å². The lowest BCUT2D eigenvalue weighted by Crippen LogP contribution is -2.37. The molecule has 0 spiro atoms. The van der Waals surface area contributed by atoms with Crippen molar-refractivity contribution >= 4 is 23.3 Å². The fourth-order valence-corrected chi connectivity index (χ4v) is 3.21. The molecule has 0 saturated heterocycles. The van der Waals surface area contributed by atoms with Gasteiger partial charge in [0.1, 0.15) is 0 Å². The number of carbonyl (C=O) groups is 1. The highest BCUT2D eigenvalue weighted by atomic mass is 35.5. The van der Waals surface area contributed by atoms with Crippen molar-refractivity contribution in [2.75, 3.05) is 0 Å². The molecular formula is C15H18ClNO4. The molecule has 6 heteroatoms. The molecular weight excluding hydrogens is 294 g/mol. The van der Waals surface area contributed by atoms with E-state index in [1.54, 1.807) is 0 Å². The first-order chi connectivity index (χ1) is 9.84. The van der Waals surface area contributed by atoms with Crippen LogP contribution in [-0.4, -0.2) is 16.0 Å². The summed E-state index contributed by atoms with van der Waals surface area (Å²) in [6.07, 6.45) is 2.92. The van der Waals surface area contributed by atoms with Crippen molar-refractivity contribution in [3.63, 3.8) is 0 Å². The van der Waals surface area contributed by atoms with Crippen LogP contribution in [0.3, 0.4) is 0 Å². The first-order valence-electron chi connectivity index (χ1n) is 7.00. The van der Waals surface area contributed by atoms with Gasteiger partial charge in [0, 0.05) is 16.7 Å². The predicted molar refractivity (Wildman–Crippen MR) is 79.5 cm³/mol. The second-order valence-corrected chi connectivity index (χ2v) is 6.41. The van der Waals surface area contributed by atoms with Crippen molar-refractivity contribution in [1.29, 1.82) is 0 Å². The Morgan fingerprint density at radius 3 is 2.62 bits per heavy atom. The van der Waals surface area contributed by atoms with E-state index in [2.05, 4.69) is 6.92 Å². The molecule has 1 fully saturated rings. The smallest absolute Gasteiger partial charge is 0.309 e. The average molecular weight is 312 g/mol. The van der Waals surface area contributed by atoms with Crippen molar-refractivity contribution in [2.24, 2.45) is 11.3 Å². The summed E-state index contributed by atoms with van der Waals surface area (Å²) in [7, 11) is 0. The summed E-state index contributed by atoms with van der Waals surface area (Å²) in [5, 5.41) is 21.1. The summed E-state index contributed by atoms with van der Waals surface area (Å²) >= 11 is 5.92. The molecule has 0 radical (unpaired) electrons. The van der Waals surface area contributed by atoms with Gasteiger partial charge in [-0.3, -0.25) is 14.9 Å². The van der Waals surface area contributed by atoms with E-state index >= 15 is 0 Å². The third-order valence-electron chi connectivity index (χ3n) is 4.45. The minimum absolute atomic E-state index is 0.0568. The van der Waals surface area contributed by atoms with E-state index in [1.165, 1.54) is 18.2 Å². The molecule has 1 saturated carbocycles. The lowest BCUT2D eigenvalue weighted by atomic mass is 9.67. The normalized spacial score (nSPS) is 25.5. The molecule has 1 N–H and O–H groups in total. The Hall–Kier alpha value is -1.62. The number of nitro benzene ring substituents is 1. The maximum Gasteiger partial charge on any atom is 0.309 e. The van der Waals surface area contributed by atoms with Gasteiger partial charge in [0.15, 0.2) is 0 Å². The van der Waals surface area contributed by atoms with Crippen LogP contribution in [0.15, 0.2) is 18.2 Å².